The maximum Gasteiger partial charge on any atom is 0.203 e. The fourth-order valence-corrected chi connectivity index (χ4v) is 4.12. The Bertz CT molecular complexity index is 759. The molecule has 0 aromatic heterocycles. The average Bonchev–Trinajstić information content (AvgIpc) is 2.93. The molecule has 0 spiro atoms. The summed E-state index contributed by atoms with van der Waals surface area (Å²) in [5.41, 5.74) is 3.87. The van der Waals surface area contributed by atoms with Crippen LogP contribution in [0, 0.1) is 6.92 Å². The molecule has 0 aliphatic carbocycles. The first kappa shape index (κ1) is 19.6. The van der Waals surface area contributed by atoms with Gasteiger partial charge in [0.15, 0.2) is 11.5 Å². The zero-order valence-electron chi connectivity index (χ0n) is 17.0. The summed E-state index contributed by atoms with van der Waals surface area (Å²) in [5.74, 6) is 2.13. The van der Waals surface area contributed by atoms with Gasteiger partial charge in [0, 0.05) is 18.2 Å². The van der Waals surface area contributed by atoms with E-state index in [0.29, 0.717) is 17.5 Å². The predicted molar refractivity (Wildman–Crippen MR) is 109 cm³/mol. The number of likely N-dealkylation sites (tertiary alicyclic amines) is 1. The minimum absolute atomic E-state index is 0.435. The van der Waals surface area contributed by atoms with Gasteiger partial charge >= 0.3 is 0 Å². The van der Waals surface area contributed by atoms with Gasteiger partial charge in [0.2, 0.25) is 5.75 Å². The predicted octanol–water partition coefficient (Wildman–Crippen LogP) is 5.14. The van der Waals surface area contributed by atoms with E-state index in [1.807, 2.05) is 6.07 Å². The highest BCUT2D eigenvalue weighted by molar-refractivity contribution is 5.55. The van der Waals surface area contributed by atoms with E-state index in [1.54, 1.807) is 21.3 Å². The molecule has 146 valence electrons. The number of hydrogen-bond donors (Lipinski definition) is 0. The van der Waals surface area contributed by atoms with Crippen LogP contribution in [0.4, 0.5) is 0 Å². The highest BCUT2D eigenvalue weighted by Crippen LogP contribution is 2.41. The standard InChI is InChI=1S/C23H31NO3/c1-17-9-8-10-18(15-17)20-11-6-5-7-14-24(20)16-19-12-13-21(25-2)23(27-4)22(19)26-3/h8-10,12-13,15,20H,5-7,11,14,16H2,1-4H3/t20-/m1/s1. The molecule has 0 bridgehead atoms. The number of hydrogen-bond acceptors (Lipinski definition) is 4. The van der Waals surface area contributed by atoms with Gasteiger partial charge in [-0.2, -0.15) is 0 Å². The number of aryl methyl sites for hydroxylation is 1. The molecule has 4 nitrogen and oxygen atoms in total. The zero-order valence-corrected chi connectivity index (χ0v) is 17.0. The number of rotatable bonds is 6. The fourth-order valence-electron chi connectivity index (χ4n) is 4.12. The number of methoxy groups -OCH3 is 3. The Morgan fingerprint density at radius 1 is 0.926 bits per heavy atom. The molecule has 1 fully saturated rings. The monoisotopic (exact) mass is 369 g/mol. The largest absolute Gasteiger partial charge is 0.493 e. The van der Waals surface area contributed by atoms with Crippen LogP contribution in [0.3, 0.4) is 0 Å². The molecule has 27 heavy (non-hydrogen) atoms. The van der Waals surface area contributed by atoms with Crippen molar-refractivity contribution in [2.45, 2.75) is 45.2 Å². The second-order valence-corrected chi connectivity index (χ2v) is 7.24. The third kappa shape index (κ3) is 4.38. The first-order chi connectivity index (χ1) is 13.2. The van der Waals surface area contributed by atoms with Gasteiger partial charge in [-0.1, -0.05) is 48.7 Å². The molecule has 2 aromatic rings. The van der Waals surface area contributed by atoms with Gasteiger partial charge in [0.1, 0.15) is 0 Å². The maximum absolute atomic E-state index is 5.71. The molecule has 0 radical (unpaired) electrons. The van der Waals surface area contributed by atoms with E-state index in [-0.39, 0.29) is 0 Å². The van der Waals surface area contributed by atoms with E-state index in [1.165, 1.54) is 36.8 Å². The summed E-state index contributed by atoms with van der Waals surface area (Å²) in [6.07, 6.45) is 5.00. The molecule has 0 amide bonds. The van der Waals surface area contributed by atoms with Crippen molar-refractivity contribution >= 4 is 0 Å². The summed E-state index contributed by atoms with van der Waals surface area (Å²) in [6.45, 7) is 4.10. The van der Waals surface area contributed by atoms with E-state index in [4.69, 9.17) is 14.2 Å². The Labute approximate surface area is 163 Å². The van der Waals surface area contributed by atoms with Gasteiger partial charge in [-0.05, 0) is 37.9 Å². The first-order valence-electron chi connectivity index (χ1n) is 9.76. The molecule has 1 heterocycles. The summed E-state index contributed by atoms with van der Waals surface area (Å²) in [7, 11) is 5.01. The molecule has 2 aromatic carbocycles. The van der Waals surface area contributed by atoms with Gasteiger partial charge in [-0.3, -0.25) is 4.90 Å². The van der Waals surface area contributed by atoms with Crippen LogP contribution < -0.4 is 14.2 Å². The molecule has 0 N–H and O–H groups in total. The van der Waals surface area contributed by atoms with Gasteiger partial charge < -0.3 is 14.2 Å². The van der Waals surface area contributed by atoms with E-state index in [2.05, 4.69) is 42.2 Å². The molecule has 1 atom stereocenters. The van der Waals surface area contributed by atoms with Crippen molar-refractivity contribution in [1.29, 1.82) is 0 Å². The third-order valence-electron chi connectivity index (χ3n) is 5.45. The summed E-state index contributed by atoms with van der Waals surface area (Å²) in [4.78, 5) is 2.59. The van der Waals surface area contributed by atoms with Crippen molar-refractivity contribution in [1.82, 2.24) is 4.90 Å². The second-order valence-electron chi connectivity index (χ2n) is 7.24. The van der Waals surface area contributed by atoms with Crippen LogP contribution >= 0.6 is 0 Å². The fraction of sp³-hybridized carbons (Fsp3) is 0.478. The Morgan fingerprint density at radius 3 is 2.44 bits per heavy atom. The molecule has 1 aliphatic heterocycles. The molecule has 1 aliphatic rings. The number of ether oxygens (including phenoxy) is 3. The van der Waals surface area contributed by atoms with Crippen molar-refractivity contribution in [3.05, 3.63) is 53.1 Å². The third-order valence-corrected chi connectivity index (χ3v) is 5.45. The lowest BCUT2D eigenvalue weighted by atomic mass is 9.98. The van der Waals surface area contributed by atoms with Crippen LogP contribution in [-0.2, 0) is 6.54 Å². The maximum atomic E-state index is 5.71. The van der Waals surface area contributed by atoms with Crippen molar-refractivity contribution in [3.63, 3.8) is 0 Å². The Balaban J connectivity index is 1.93. The molecule has 3 rings (SSSR count). The van der Waals surface area contributed by atoms with E-state index in [9.17, 15) is 0 Å². The molecule has 0 unspecified atom stereocenters. The minimum atomic E-state index is 0.435. The van der Waals surface area contributed by atoms with Gasteiger partial charge in [0.05, 0.1) is 21.3 Å². The van der Waals surface area contributed by atoms with Crippen LogP contribution in [0.15, 0.2) is 36.4 Å². The van der Waals surface area contributed by atoms with Gasteiger partial charge in [-0.15, -0.1) is 0 Å². The van der Waals surface area contributed by atoms with Crippen molar-refractivity contribution in [2.24, 2.45) is 0 Å². The number of benzene rings is 2. The highest BCUT2D eigenvalue weighted by Gasteiger charge is 2.25. The van der Waals surface area contributed by atoms with Crippen molar-refractivity contribution in [3.8, 4) is 17.2 Å². The molecular weight excluding hydrogens is 338 g/mol. The molecule has 0 saturated carbocycles. The normalized spacial score (nSPS) is 18.0. The quantitative estimate of drug-likeness (QED) is 0.706. The zero-order chi connectivity index (χ0) is 19.2. The molecule has 4 heteroatoms. The summed E-state index contributed by atoms with van der Waals surface area (Å²) >= 11 is 0. The Hall–Kier alpha value is -2.20. The van der Waals surface area contributed by atoms with Crippen LogP contribution in [0.5, 0.6) is 17.2 Å². The topological polar surface area (TPSA) is 30.9 Å². The van der Waals surface area contributed by atoms with Crippen LogP contribution in [0.25, 0.3) is 0 Å². The van der Waals surface area contributed by atoms with Gasteiger partial charge in [-0.25, -0.2) is 0 Å². The van der Waals surface area contributed by atoms with Crippen molar-refractivity contribution in [2.75, 3.05) is 27.9 Å². The van der Waals surface area contributed by atoms with E-state index in [0.717, 1.165) is 24.4 Å². The summed E-state index contributed by atoms with van der Waals surface area (Å²) < 4.78 is 16.7. The van der Waals surface area contributed by atoms with E-state index < -0.39 is 0 Å². The summed E-state index contributed by atoms with van der Waals surface area (Å²) in [6, 6.07) is 13.4. The average molecular weight is 370 g/mol. The lowest BCUT2D eigenvalue weighted by molar-refractivity contribution is 0.189. The second kappa shape index (κ2) is 9.14. The Kier molecular flexibility index (Phi) is 6.62. The SMILES string of the molecule is COc1ccc(CN2CCCCC[C@@H]2c2cccc(C)c2)c(OC)c1OC. The van der Waals surface area contributed by atoms with Crippen molar-refractivity contribution < 1.29 is 14.2 Å². The van der Waals surface area contributed by atoms with Gasteiger partial charge in [0.25, 0.3) is 0 Å². The Morgan fingerprint density at radius 2 is 1.74 bits per heavy atom. The number of nitrogens with zero attached hydrogens (tertiary/aromatic N) is 1. The highest BCUT2D eigenvalue weighted by atomic mass is 16.5. The summed E-state index contributed by atoms with van der Waals surface area (Å²) in [5, 5.41) is 0. The lowest BCUT2D eigenvalue weighted by Crippen LogP contribution is -2.28. The smallest absolute Gasteiger partial charge is 0.203 e. The van der Waals surface area contributed by atoms with Crippen LogP contribution in [-0.4, -0.2) is 32.8 Å². The minimum Gasteiger partial charge on any atom is -0.493 e. The molecule has 1 saturated heterocycles. The first-order valence-corrected chi connectivity index (χ1v) is 9.76. The van der Waals surface area contributed by atoms with Crippen LogP contribution in [0.2, 0.25) is 0 Å². The molecular formula is C23H31NO3. The van der Waals surface area contributed by atoms with Crippen LogP contribution in [0.1, 0.15) is 48.4 Å². The van der Waals surface area contributed by atoms with E-state index >= 15 is 0 Å². The lowest BCUT2D eigenvalue weighted by Gasteiger charge is -2.31.